The molecule has 0 bridgehead atoms. The van der Waals surface area contributed by atoms with E-state index in [4.69, 9.17) is 0 Å². The van der Waals surface area contributed by atoms with Crippen molar-refractivity contribution >= 4 is 34.3 Å². The molecule has 2 heterocycles. The van der Waals surface area contributed by atoms with E-state index in [1.54, 1.807) is 30.3 Å². The molecule has 1 N–H and O–H groups in total. The van der Waals surface area contributed by atoms with Gasteiger partial charge in [0.15, 0.2) is 0 Å². The number of fused-ring (bicyclic) bond motifs is 1. The predicted octanol–water partition coefficient (Wildman–Crippen LogP) is 3.14. The van der Waals surface area contributed by atoms with Crippen molar-refractivity contribution in [2.45, 2.75) is 19.4 Å². The van der Waals surface area contributed by atoms with E-state index < -0.39 is 0 Å². The van der Waals surface area contributed by atoms with Crippen LogP contribution < -0.4 is 5.32 Å². The van der Waals surface area contributed by atoms with Crippen molar-refractivity contribution in [2.24, 2.45) is 0 Å². The third-order valence-electron chi connectivity index (χ3n) is 4.54. The van der Waals surface area contributed by atoms with Gasteiger partial charge in [-0.25, -0.2) is 4.98 Å². The van der Waals surface area contributed by atoms with Crippen LogP contribution in [0.15, 0.2) is 60.7 Å². The molecule has 134 valence electrons. The van der Waals surface area contributed by atoms with E-state index in [0.717, 1.165) is 16.5 Å². The number of para-hydroxylation sites is 1. The minimum atomic E-state index is -0.293. The Morgan fingerprint density at radius 2 is 1.63 bits per heavy atom. The van der Waals surface area contributed by atoms with Crippen molar-refractivity contribution in [1.29, 1.82) is 0 Å². The number of nitrogens with one attached hydrogen (secondary N) is 1. The van der Waals surface area contributed by atoms with E-state index in [-0.39, 0.29) is 37.1 Å². The third-order valence-corrected chi connectivity index (χ3v) is 4.54. The average Bonchev–Trinajstić information content (AvgIpc) is 3.01. The molecule has 1 fully saturated rings. The van der Waals surface area contributed by atoms with Gasteiger partial charge in [-0.05, 0) is 29.8 Å². The van der Waals surface area contributed by atoms with Crippen LogP contribution in [0.5, 0.6) is 0 Å². The molecule has 1 aromatic heterocycles. The second-order valence-electron chi connectivity index (χ2n) is 6.41. The molecule has 3 amide bonds. The number of nitrogens with zero attached hydrogens (tertiary/aromatic N) is 2. The minimum absolute atomic E-state index is 0.139. The van der Waals surface area contributed by atoms with Gasteiger partial charge in [-0.15, -0.1) is 0 Å². The van der Waals surface area contributed by atoms with E-state index in [1.807, 2.05) is 30.3 Å². The van der Waals surface area contributed by atoms with Crippen LogP contribution in [0.25, 0.3) is 10.9 Å². The zero-order valence-corrected chi connectivity index (χ0v) is 14.5. The zero-order chi connectivity index (χ0) is 18.8. The fourth-order valence-corrected chi connectivity index (χ4v) is 3.06. The Bertz CT molecular complexity index is 1030. The molecular formula is C21H17N3O3. The van der Waals surface area contributed by atoms with Crippen LogP contribution in [0.2, 0.25) is 0 Å². The summed E-state index contributed by atoms with van der Waals surface area (Å²) >= 11 is 0. The van der Waals surface area contributed by atoms with Crippen LogP contribution in [-0.4, -0.2) is 27.6 Å². The number of anilines is 1. The maximum atomic E-state index is 12.4. The Hall–Kier alpha value is -3.54. The van der Waals surface area contributed by atoms with Crippen molar-refractivity contribution < 1.29 is 14.4 Å². The molecule has 0 saturated carbocycles. The summed E-state index contributed by atoms with van der Waals surface area (Å²) in [6.45, 7) is 0.262. The maximum Gasteiger partial charge on any atom is 0.274 e. The first-order valence-corrected chi connectivity index (χ1v) is 8.69. The van der Waals surface area contributed by atoms with E-state index in [0.29, 0.717) is 11.4 Å². The molecule has 27 heavy (non-hydrogen) atoms. The lowest BCUT2D eigenvalue weighted by molar-refractivity contribution is -0.139. The number of likely N-dealkylation sites (tertiary alicyclic amines) is 1. The fourth-order valence-electron chi connectivity index (χ4n) is 3.06. The number of hydrogen-bond acceptors (Lipinski definition) is 4. The summed E-state index contributed by atoms with van der Waals surface area (Å²) in [6.07, 6.45) is 0.567. The summed E-state index contributed by atoms with van der Waals surface area (Å²) in [4.78, 5) is 41.5. The summed E-state index contributed by atoms with van der Waals surface area (Å²) in [7, 11) is 0. The quantitative estimate of drug-likeness (QED) is 0.726. The topological polar surface area (TPSA) is 79.4 Å². The van der Waals surface area contributed by atoms with Crippen LogP contribution in [0, 0.1) is 0 Å². The lowest BCUT2D eigenvalue weighted by atomic mass is 10.2. The minimum Gasteiger partial charge on any atom is -0.321 e. The molecule has 1 aliphatic heterocycles. The number of pyridine rings is 1. The molecule has 1 aliphatic rings. The molecule has 0 radical (unpaired) electrons. The van der Waals surface area contributed by atoms with Gasteiger partial charge in [-0.2, -0.15) is 0 Å². The summed E-state index contributed by atoms with van der Waals surface area (Å²) in [5.74, 6) is -0.571. The van der Waals surface area contributed by atoms with Crippen molar-refractivity contribution in [3.8, 4) is 0 Å². The third kappa shape index (κ3) is 3.55. The van der Waals surface area contributed by atoms with Crippen LogP contribution in [-0.2, 0) is 16.1 Å². The van der Waals surface area contributed by atoms with Crippen molar-refractivity contribution in [1.82, 2.24) is 9.88 Å². The predicted molar refractivity (Wildman–Crippen MR) is 101 cm³/mol. The second kappa shape index (κ2) is 6.99. The summed E-state index contributed by atoms with van der Waals surface area (Å²) in [5.41, 5.74) is 2.56. The first kappa shape index (κ1) is 16.9. The van der Waals surface area contributed by atoms with Gasteiger partial charge in [0.25, 0.3) is 5.91 Å². The molecule has 0 atom stereocenters. The summed E-state index contributed by atoms with van der Waals surface area (Å²) in [5, 5.41) is 3.79. The average molecular weight is 359 g/mol. The summed E-state index contributed by atoms with van der Waals surface area (Å²) < 4.78 is 0. The number of hydrogen-bond donors (Lipinski definition) is 1. The van der Waals surface area contributed by atoms with Gasteiger partial charge in [0, 0.05) is 23.9 Å². The van der Waals surface area contributed by atoms with Crippen molar-refractivity contribution in [3.63, 3.8) is 0 Å². The Labute approximate surface area is 155 Å². The van der Waals surface area contributed by atoms with Crippen molar-refractivity contribution in [2.75, 3.05) is 5.32 Å². The zero-order valence-electron chi connectivity index (χ0n) is 14.5. The molecule has 0 aliphatic carbocycles. The monoisotopic (exact) mass is 359 g/mol. The first-order chi connectivity index (χ1) is 13.1. The SMILES string of the molecule is O=C(Nc1ccc(CN2C(=O)CCC2=O)cc1)c1ccc2ccccc2n1. The smallest absolute Gasteiger partial charge is 0.274 e. The lowest BCUT2D eigenvalue weighted by Crippen LogP contribution is -2.28. The van der Waals surface area contributed by atoms with E-state index in [9.17, 15) is 14.4 Å². The van der Waals surface area contributed by atoms with E-state index >= 15 is 0 Å². The van der Waals surface area contributed by atoms with Gasteiger partial charge in [-0.3, -0.25) is 19.3 Å². The molecule has 1 saturated heterocycles. The molecular weight excluding hydrogens is 342 g/mol. The Balaban J connectivity index is 1.45. The largest absolute Gasteiger partial charge is 0.321 e. The second-order valence-corrected chi connectivity index (χ2v) is 6.41. The first-order valence-electron chi connectivity index (χ1n) is 8.69. The van der Waals surface area contributed by atoms with Gasteiger partial charge in [0.1, 0.15) is 5.69 Å². The molecule has 0 unspecified atom stereocenters. The summed E-state index contributed by atoms with van der Waals surface area (Å²) in [6, 6.07) is 18.3. The highest BCUT2D eigenvalue weighted by Crippen LogP contribution is 2.18. The molecule has 2 aromatic carbocycles. The van der Waals surface area contributed by atoms with Gasteiger partial charge in [0.2, 0.25) is 11.8 Å². The molecule has 6 heteroatoms. The van der Waals surface area contributed by atoms with Crippen LogP contribution >= 0.6 is 0 Å². The Morgan fingerprint density at radius 3 is 2.37 bits per heavy atom. The highest BCUT2D eigenvalue weighted by molar-refractivity contribution is 6.04. The highest BCUT2D eigenvalue weighted by atomic mass is 16.2. The maximum absolute atomic E-state index is 12.4. The van der Waals surface area contributed by atoms with E-state index in [1.165, 1.54) is 4.90 Å². The number of carbonyl (C=O) groups excluding carboxylic acids is 3. The van der Waals surface area contributed by atoms with Gasteiger partial charge in [0.05, 0.1) is 12.1 Å². The number of amides is 3. The fraction of sp³-hybridized carbons (Fsp3) is 0.143. The standard InChI is InChI=1S/C21H17N3O3/c25-19-11-12-20(26)24(19)13-14-5-8-16(9-6-14)22-21(27)18-10-7-15-3-1-2-4-17(15)23-18/h1-10H,11-13H2,(H,22,27). The van der Waals surface area contributed by atoms with Gasteiger partial charge < -0.3 is 5.32 Å². The van der Waals surface area contributed by atoms with Crippen LogP contribution in [0.3, 0.4) is 0 Å². The van der Waals surface area contributed by atoms with Gasteiger partial charge >= 0.3 is 0 Å². The number of benzene rings is 2. The number of aromatic nitrogens is 1. The Kier molecular flexibility index (Phi) is 4.38. The molecule has 3 aromatic rings. The Morgan fingerprint density at radius 1 is 0.926 bits per heavy atom. The van der Waals surface area contributed by atoms with Crippen LogP contribution in [0.1, 0.15) is 28.9 Å². The normalized spacial score (nSPS) is 14.0. The number of imide groups is 1. The number of rotatable bonds is 4. The molecule has 6 nitrogen and oxygen atoms in total. The highest BCUT2D eigenvalue weighted by Gasteiger charge is 2.28. The number of carbonyl (C=O) groups is 3. The van der Waals surface area contributed by atoms with Crippen LogP contribution in [0.4, 0.5) is 5.69 Å². The van der Waals surface area contributed by atoms with Crippen molar-refractivity contribution in [3.05, 3.63) is 71.9 Å². The molecule has 0 spiro atoms. The molecule has 4 rings (SSSR count). The van der Waals surface area contributed by atoms with E-state index in [2.05, 4.69) is 10.3 Å². The lowest BCUT2D eigenvalue weighted by Gasteiger charge is -2.14. The van der Waals surface area contributed by atoms with Gasteiger partial charge in [-0.1, -0.05) is 36.4 Å².